The summed E-state index contributed by atoms with van der Waals surface area (Å²) in [5, 5.41) is 27.2. The highest BCUT2D eigenvalue weighted by Crippen LogP contribution is 2.35. The summed E-state index contributed by atoms with van der Waals surface area (Å²) >= 11 is 0. The minimum Gasteiger partial charge on any atom is -0.444 e. The fourth-order valence-electron chi connectivity index (χ4n) is 1.82. The van der Waals surface area contributed by atoms with Gasteiger partial charge in [-0.1, -0.05) is 0 Å². The number of hydrogen-bond donors (Lipinski definition) is 4. The van der Waals surface area contributed by atoms with Crippen LogP contribution in [0.4, 0.5) is 18.0 Å². The number of halogens is 3. The van der Waals surface area contributed by atoms with Crippen LogP contribution >= 0.6 is 0 Å². The predicted molar refractivity (Wildman–Crippen MR) is 73.5 cm³/mol. The third-order valence-electron chi connectivity index (χ3n) is 2.78. The largest absolute Gasteiger partial charge is 0.444 e. The van der Waals surface area contributed by atoms with Gasteiger partial charge in [-0.3, -0.25) is 5.10 Å². The lowest BCUT2D eigenvalue weighted by atomic mass is 10.0. The molecular formula is C13H20F3N3O4. The molecule has 1 aromatic rings. The van der Waals surface area contributed by atoms with Gasteiger partial charge in [-0.25, -0.2) is 4.79 Å². The summed E-state index contributed by atoms with van der Waals surface area (Å²) in [7, 11) is 0. The van der Waals surface area contributed by atoms with Gasteiger partial charge in [-0.2, -0.15) is 18.3 Å². The molecule has 1 heterocycles. The van der Waals surface area contributed by atoms with E-state index < -0.39 is 47.9 Å². The molecule has 132 valence electrons. The van der Waals surface area contributed by atoms with Crippen LogP contribution in [-0.2, 0) is 10.9 Å². The van der Waals surface area contributed by atoms with Crippen molar-refractivity contribution in [2.75, 3.05) is 6.54 Å². The maximum absolute atomic E-state index is 12.8. The van der Waals surface area contributed by atoms with Crippen LogP contribution in [0.1, 0.15) is 43.8 Å². The van der Waals surface area contributed by atoms with Crippen LogP contribution in [0.5, 0.6) is 0 Å². The number of nitrogens with zero attached hydrogens (tertiary/aromatic N) is 1. The number of nitrogens with one attached hydrogen (secondary N) is 2. The molecule has 0 radical (unpaired) electrons. The number of aryl methyl sites for hydroxylation is 1. The molecule has 1 amide bonds. The molecule has 4 N–H and O–H groups in total. The average molecular weight is 339 g/mol. The first-order valence-electron chi connectivity index (χ1n) is 6.78. The summed E-state index contributed by atoms with van der Waals surface area (Å²) in [4.78, 5) is 11.4. The number of alkyl carbamates (subject to hydrolysis) is 1. The van der Waals surface area contributed by atoms with E-state index in [1.807, 2.05) is 0 Å². The third kappa shape index (κ3) is 5.39. The summed E-state index contributed by atoms with van der Waals surface area (Å²) in [5.41, 5.74) is -2.66. The van der Waals surface area contributed by atoms with E-state index in [4.69, 9.17) is 4.74 Å². The Morgan fingerprint density at radius 2 is 1.91 bits per heavy atom. The Bertz CT molecular complexity index is 552. The van der Waals surface area contributed by atoms with Crippen LogP contribution < -0.4 is 5.32 Å². The number of ether oxygens (including phenoxy) is 1. The van der Waals surface area contributed by atoms with Crippen molar-refractivity contribution >= 4 is 6.09 Å². The number of alkyl halides is 3. The Hall–Kier alpha value is -1.81. The third-order valence-corrected chi connectivity index (χ3v) is 2.78. The topological polar surface area (TPSA) is 107 Å². The molecule has 0 fully saturated rings. The lowest BCUT2D eigenvalue weighted by Gasteiger charge is -2.22. The van der Waals surface area contributed by atoms with Gasteiger partial charge in [0.05, 0.1) is 0 Å². The Labute approximate surface area is 130 Å². The first kappa shape index (κ1) is 19.2. The highest BCUT2D eigenvalue weighted by molar-refractivity contribution is 5.67. The van der Waals surface area contributed by atoms with Gasteiger partial charge in [0, 0.05) is 17.8 Å². The molecule has 0 bridgehead atoms. The molecule has 2 unspecified atom stereocenters. The van der Waals surface area contributed by atoms with Gasteiger partial charge in [-0.15, -0.1) is 0 Å². The Morgan fingerprint density at radius 3 is 2.39 bits per heavy atom. The molecule has 1 aromatic heterocycles. The van der Waals surface area contributed by atoms with Gasteiger partial charge in [-0.05, 0) is 27.7 Å². The van der Waals surface area contributed by atoms with Gasteiger partial charge >= 0.3 is 12.3 Å². The summed E-state index contributed by atoms with van der Waals surface area (Å²) in [6.45, 7) is 5.68. The van der Waals surface area contributed by atoms with Gasteiger partial charge in [0.15, 0.2) is 5.69 Å². The SMILES string of the molecule is Cc1[nH]nc(C(F)(F)F)c1C(O)C(O)CNC(=O)OC(C)(C)C. The second-order valence-electron chi connectivity index (χ2n) is 6.00. The fraction of sp³-hybridized carbons (Fsp3) is 0.692. The number of carbonyl (C=O) groups excluding carboxylic acids is 1. The van der Waals surface area contributed by atoms with E-state index in [0.29, 0.717) is 0 Å². The molecule has 0 spiro atoms. The van der Waals surface area contributed by atoms with Gasteiger partial charge in [0.25, 0.3) is 0 Å². The highest BCUT2D eigenvalue weighted by Gasteiger charge is 2.40. The van der Waals surface area contributed by atoms with E-state index in [1.54, 1.807) is 20.8 Å². The molecule has 7 nitrogen and oxygen atoms in total. The molecule has 1 rings (SSSR count). The second kappa shape index (κ2) is 6.75. The van der Waals surface area contributed by atoms with Crippen LogP contribution in [0, 0.1) is 6.92 Å². The van der Waals surface area contributed by atoms with Gasteiger partial charge in [0.1, 0.15) is 17.8 Å². The summed E-state index contributed by atoms with van der Waals surface area (Å²) in [6, 6.07) is 0. The van der Waals surface area contributed by atoms with Crippen molar-refractivity contribution in [2.45, 2.75) is 51.7 Å². The van der Waals surface area contributed by atoms with Crippen molar-refractivity contribution in [1.29, 1.82) is 0 Å². The fourth-order valence-corrected chi connectivity index (χ4v) is 1.82. The summed E-state index contributed by atoms with van der Waals surface area (Å²) < 4.78 is 43.4. The zero-order chi connectivity index (χ0) is 18.0. The number of rotatable bonds is 4. The van der Waals surface area contributed by atoms with Crippen molar-refractivity contribution in [1.82, 2.24) is 15.5 Å². The van der Waals surface area contributed by atoms with Crippen molar-refractivity contribution in [3.63, 3.8) is 0 Å². The van der Waals surface area contributed by atoms with E-state index in [9.17, 15) is 28.2 Å². The maximum Gasteiger partial charge on any atom is 0.435 e. The number of amides is 1. The number of hydrogen-bond acceptors (Lipinski definition) is 5. The minimum absolute atomic E-state index is 0.0267. The van der Waals surface area contributed by atoms with E-state index in [0.717, 1.165) is 0 Å². The summed E-state index contributed by atoms with van der Waals surface area (Å²) in [6.07, 6.45) is -9.18. The summed E-state index contributed by atoms with van der Waals surface area (Å²) in [5.74, 6) is 0. The lowest BCUT2D eigenvalue weighted by molar-refractivity contribution is -0.143. The zero-order valence-corrected chi connectivity index (χ0v) is 13.2. The van der Waals surface area contributed by atoms with Gasteiger partial charge in [0.2, 0.25) is 0 Å². The molecule has 0 aliphatic rings. The lowest BCUT2D eigenvalue weighted by Crippen LogP contribution is -2.39. The predicted octanol–water partition coefficient (Wildman–Crippen LogP) is 1.66. The molecule has 2 atom stereocenters. The number of aliphatic hydroxyl groups is 2. The van der Waals surface area contributed by atoms with Crippen LogP contribution in [0.2, 0.25) is 0 Å². The number of carbonyl (C=O) groups is 1. The molecule has 0 saturated heterocycles. The Morgan fingerprint density at radius 1 is 1.35 bits per heavy atom. The Kier molecular flexibility index (Phi) is 5.65. The first-order valence-corrected chi connectivity index (χ1v) is 6.78. The van der Waals surface area contributed by atoms with Crippen LogP contribution in [0.15, 0.2) is 0 Å². The van der Waals surface area contributed by atoms with Crippen LogP contribution in [0.3, 0.4) is 0 Å². The quantitative estimate of drug-likeness (QED) is 0.667. The monoisotopic (exact) mass is 339 g/mol. The molecule has 0 aromatic carbocycles. The van der Waals surface area contributed by atoms with Crippen LogP contribution in [0.25, 0.3) is 0 Å². The van der Waals surface area contributed by atoms with E-state index in [2.05, 4.69) is 15.5 Å². The van der Waals surface area contributed by atoms with Crippen LogP contribution in [-0.4, -0.2) is 44.8 Å². The van der Waals surface area contributed by atoms with Crippen molar-refractivity contribution in [3.05, 3.63) is 17.0 Å². The van der Waals surface area contributed by atoms with E-state index in [-0.39, 0.29) is 5.69 Å². The maximum atomic E-state index is 12.8. The number of aromatic amines is 1. The molecule has 0 aliphatic heterocycles. The van der Waals surface area contributed by atoms with Gasteiger partial charge < -0.3 is 20.3 Å². The molecule has 10 heteroatoms. The number of aliphatic hydroxyl groups excluding tert-OH is 2. The second-order valence-corrected chi connectivity index (χ2v) is 6.00. The standard InChI is InChI=1S/C13H20F3N3O4/c1-6-8(10(19-18-6)13(14,15)16)9(21)7(20)5-17-11(22)23-12(2,3)4/h7,9,20-21H,5H2,1-4H3,(H,17,22)(H,18,19). The van der Waals surface area contributed by atoms with Crippen molar-refractivity contribution in [3.8, 4) is 0 Å². The van der Waals surface area contributed by atoms with E-state index in [1.165, 1.54) is 6.92 Å². The average Bonchev–Trinajstić information content (AvgIpc) is 2.74. The van der Waals surface area contributed by atoms with Crippen molar-refractivity contribution in [2.24, 2.45) is 0 Å². The normalized spacial score (nSPS) is 15.2. The smallest absolute Gasteiger partial charge is 0.435 e. The van der Waals surface area contributed by atoms with E-state index >= 15 is 0 Å². The molecular weight excluding hydrogens is 319 g/mol. The molecule has 0 aliphatic carbocycles. The molecule has 23 heavy (non-hydrogen) atoms. The van der Waals surface area contributed by atoms with Crippen molar-refractivity contribution < 1.29 is 32.9 Å². The first-order chi connectivity index (χ1) is 10.3. The number of aromatic nitrogens is 2. The highest BCUT2D eigenvalue weighted by atomic mass is 19.4. The zero-order valence-electron chi connectivity index (χ0n) is 13.2. The Balaban J connectivity index is 2.77. The number of H-pyrrole nitrogens is 1. The molecule has 0 saturated carbocycles. The minimum atomic E-state index is -4.78.